The van der Waals surface area contributed by atoms with Gasteiger partial charge in [-0.1, -0.05) is 50.8 Å². The number of hydrogen-bond acceptors (Lipinski definition) is 4. The van der Waals surface area contributed by atoms with E-state index in [1.54, 1.807) is 35.2 Å². The summed E-state index contributed by atoms with van der Waals surface area (Å²) >= 11 is 0. The van der Waals surface area contributed by atoms with Gasteiger partial charge in [0.1, 0.15) is 17.2 Å². The fourth-order valence-corrected chi connectivity index (χ4v) is 3.73. The molecular formula is C29H34F3NO4. The SMILES string of the molecule is C=C1CN(Cc2cccc(OC(F)(F)F)c2)C(C(=O)O)=C1c1cccc(OCC2CC2)c1.C=CC.CC. The van der Waals surface area contributed by atoms with Gasteiger partial charge in [0.15, 0.2) is 0 Å². The Kier molecular flexibility index (Phi) is 10.8. The van der Waals surface area contributed by atoms with E-state index in [2.05, 4.69) is 17.9 Å². The first-order valence-corrected chi connectivity index (χ1v) is 12.2. The number of carbonyl (C=O) groups is 1. The number of halogens is 3. The normalized spacial score (nSPS) is 14.8. The fourth-order valence-electron chi connectivity index (χ4n) is 3.73. The molecule has 8 heteroatoms. The van der Waals surface area contributed by atoms with Gasteiger partial charge in [-0.3, -0.25) is 0 Å². The molecule has 5 nitrogen and oxygen atoms in total. The van der Waals surface area contributed by atoms with Crippen LogP contribution >= 0.6 is 0 Å². The Balaban J connectivity index is 0.000000898. The average molecular weight is 518 g/mol. The molecule has 0 bridgehead atoms. The Morgan fingerprint density at radius 2 is 1.76 bits per heavy atom. The number of carboxylic acid groups (broad SMARTS) is 1. The van der Waals surface area contributed by atoms with E-state index in [0.717, 1.165) is 12.8 Å². The quantitative estimate of drug-likeness (QED) is 0.368. The van der Waals surface area contributed by atoms with Crippen molar-refractivity contribution < 1.29 is 32.5 Å². The second-order valence-electron chi connectivity index (χ2n) is 8.37. The van der Waals surface area contributed by atoms with Crippen molar-refractivity contribution in [3.05, 3.63) is 90.2 Å². The summed E-state index contributed by atoms with van der Waals surface area (Å²) in [7, 11) is 0. The lowest BCUT2D eigenvalue weighted by atomic mass is 9.99. The highest BCUT2D eigenvalue weighted by Crippen LogP contribution is 2.38. The first-order valence-electron chi connectivity index (χ1n) is 12.2. The number of carboxylic acids is 1. The van der Waals surface area contributed by atoms with Crippen molar-refractivity contribution in [2.75, 3.05) is 13.2 Å². The molecule has 2 aromatic carbocycles. The lowest BCUT2D eigenvalue weighted by molar-refractivity contribution is -0.274. The zero-order valence-electron chi connectivity index (χ0n) is 21.5. The van der Waals surface area contributed by atoms with Crippen LogP contribution in [0.25, 0.3) is 5.57 Å². The number of alkyl halides is 3. The van der Waals surface area contributed by atoms with Crippen molar-refractivity contribution in [3.8, 4) is 11.5 Å². The highest BCUT2D eigenvalue weighted by atomic mass is 19.4. The summed E-state index contributed by atoms with van der Waals surface area (Å²) in [5.41, 5.74) is 2.33. The van der Waals surface area contributed by atoms with Gasteiger partial charge in [-0.15, -0.1) is 19.8 Å². The number of allylic oxidation sites excluding steroid dienone is 1. The molecule has 1 N–H and O–H groups in total. The van der Waals surface area contributed by atoms with Crippen LogP contribution in [0.3, 0.4) is 0 Å². The minimum Gasteiger partial charge on any atom is -0.493 e. The zero-order valence-corrected chi connectivity index (χ0v) is 21.5. The molecule has 0 unspecified atom stereocenters. The van der Waals surface area contributed by atoms with E-state index in [-0.39, 0.29) is 24.5 Å². The minimum absolute atomic E-state index is 0.0523. The highest BCUT2D eigenvalue weighted by molar-refractivity contribution is 6.02. The molecule has 4 rings (SSSR count). The van der Waals surface area contributed by atoms with Gasteiger partial charge >= 0.3 is 12.3 Å². The minimum atomic E-state index is -4.80. The van der Waals surface area contributed by atoms with Gasteiger partial charge in [-0.2, -0.15) is 0 Å². The maximum Gasteiger partial charge on any atom is 0.573 e. The molecule has 0 aromatic heterocycles. The molecular weight excluding hydrogens is 483 g/mol. The fraction of sp³-hybridized carbons (Fsp3) is 0.345. The summed E-state index contributed by atoms with van der Waals surface area (Å²) in [6.45, 7) is 14.3. The largest absolute Gasteiger partial charge is 0.573 e. The van der Waals surface area contributed by atoms with Gasteiger partial charge in [0.25, 0.3) is 0 Å². The Bertz CT molecular complexity index is 1120. The van der Waals surface area contributed by atoms with Crippen molar-refractivity contribution in [1.29, 1.82) is 0 Å². The van der Waals surface area contributed by atoms with Gasteiger partial charge in [-0.25, -0.2) is 4.79 Å². The summed E-state index contributed by atoms with van der Waals surface area (Å²) < 4.78 is 47.4. The van der Waals surface area contributed by atoms with E-state index in [4.69, 9.17) is 4.74 Å². The lowest BCUT2D eigenvalue weighted by Crippen LogP contribution is -2.24. The molecule has 37 heavy (non-hydrogen) atoms. The number of ether oxygens (including phenoxy) is 2. The Labute approximate surface area is 216 Å². The molecule has 0 amide bonds. The molecule has 1 aliphatic heterocycles. The van der Waals surface area contributed by atoms with Crippen LogP contribution in [0, 0.1) is 5.92 Å². The molecule has 2 aromatic rings. The molecule has 2 aliphatic rings. The van der Waals surface area contributed by atoms with Crippen LogP contribution in [0.1, 0.15) is 44.7 Å². The van der Waals surface area contributed by atoms with Crippen molar-refractivity contribution >= 4 is 11.5 Å². The van der Waals surface area contributed by atoms with E-state index in [1.165, 1.54) is 18.2 Å². The summed E-state index contributed by atoms with van der Waals surface area (Å²) in [4.78, 5) is 13.7. The maximum absolute atomic E-state index is 12.5. The van der Waals surface area contributed by atoms with Crippen LogP contribution < -0.4 is 9.47 Å². The van der Waals surface area contributed by atoms with E-state index < -0.39 is 12.3 Å². The van der Waals surface area contributed by atoms with E-state index >= 15 is 0 Å². The van der Waals surface area contributed by atoms with Crippen molar-refractivity contribution in [1.82, 2.24) is 4.90 Å². The van der Waals surface area contributed by atoms with Gasteiger partial charge < -0.3 is 19.5 Å². The average Bonchev–Trinajstić information content (AvgIpc) is 3.60. The summed E-state index contributed by atoms with van der Waals surface area (Å²) in [6, 6.07) is 12.7. The van der Waals surface area contributed by atoms with Crippen LogP contribution in [0.5, 0.6) is 11.5 Å². The van der Waals surface area contributed by atoms with Gasteiger partial charge in [0.05, 0.1) is 6.61 Å². The van der Waals surface area contributed by atoms with E-state index in [1.807, 2.05) is 26.8 Å². The third kappa shape index (κ3) is 9.04. The molecule has 200 valence electrons. The number of nitrogens with zero attached hydrogens (tertiary/aromatic N) is 1. The summed E-state index contributed by atoms with van der Waals surface area (Å²) in [6.07, 6.45) is -0.726. The van der Waals surface area contributed by atoms with Gasteiger partial charge in [-0.05, 0) is 66.6 Å². The van der Waals surface area contributed by atoms with Crippen molar-refractivity contribution in [3.63, 3.8) is 0 Å². The molecule has 1 aliphatic carbocycles. The topological polar surface area (TPSA) is 59.0 Å². The lowest BCUT2D eigenvalue weighted by Gasteiger charge is -2.20. The highest BCUT2D eigenvalue weighted by Gasteiger charge is 2.33. The summed E-state index contributed by atoms with van der Waals surface area (Å²) in [5.74, 6) is -0.239. The Morgan fingerprint density at radius 3 is 2.35 bits per heavy atom. The predicted octanol–water partition coefficient (Wildman–Crippen LogP) is 7.46. The van der Waals surface area contributed by atoms with Crippen LogP contribution in [0.2, 0.25) is 0 Å². The smallest absolute Gasteiger partial charge is 0.493 e. The van der Waals surface area contributed by atoms with Crippen molar-refractivity contribution in [2.45, 2.75) is 46.5 Å². The van der Waals surface area contributed by atoms with Crippen LogP contribution in [-0.4, -0.2) is 35.5 Å². The van der Waals surface area contributed by atoms with E-state index in [9.17, 15) is 23.1 Å². The number of hydrogen-bond donors (Lipinski definition) is 1. The van der Waals surface area contributed by atoms with Gasteiger partial charge in [0, 0.05) is 18.7 Å². The third-order valence-electron chi connectivity index (χ3n) is 5.30. The van der Waals surface area contributed by atoms with Crippen LogP contribution in [-0.2, 0) is 11.3 Å². The standard InChI is InChI=1S/C24H22F3NO4.C3H6.C2H6/c1-15-12-28(13-17-4-2-7-20(10-17)32-24(25,26)27)22(23(29)30)21(15)18-5-3-6-19(11-18)31-14-16-8-9-16;1-3-2;1-2/h2-7,10-11,16H,1,8-9,12-14H2,(H,29,30);3H,1H2,2H3;1-2H3. The van der Waals surface area contributed by atoms with E-state index in [0.29, 0.717) is 40.5 Å². The molecule has 0 radical (unpaired) electrons. The van der Waals surface area contributed by atoms with Crippen LogP contribution in [0.4, 0.5) is 13.2 Å². The molecule has 1 saturated carbocycles. The molecule has 0 saturated heterocycles. The molecule has 1 fully saturated rings. The first-order chi connectivity index (χ1) is 17.6. The summed E-state index contributed by atoms with van der Waals surface area (Å²) in [5, 5.41) is 9.93. The number of rotatable bonds is 8. The van der Waals surface area contributed by atoms with Crippen LogP contribution in [0.15, 0.2) is 79.0 Å². The second-order valence-corrected chi connectivity index (χ2v) is 8.37. The maximum atomic E-state index is 12.5. The zero-order chi connectivity index (χ0) is 27.6. The third-order valence-corrected chi connectivity index (χ3v) is 5.30. The molecule has 0 atom stereocenters. The van der Waals surface area contributed by atoms with Gasteiger partial charge in [0.2, 0.25) is 0 Å². The predicted molar refractivity (Wildman–Crippen MR) is 139 cm³/mol. The number of benzene rings is 2. The monoisotopic (exact) mass is 517 g/mol. The Hall–Kier alpha value is -3.68. The second kappa shape index (κ2) is 13.6. The Morgan fingerprint density at radius 1 is 1.14 bits per heavy atom. The first kappa shape index (κ1) is 29.5. The molecule has 0 spiro atoms. The molecule has 1 heterocycles. The number of aliphatic carboxylic acids is 1. The van der Waals surface area contributed by atoms with Crippen molar-refractivity contribution in [2.24, 2.45) is 5.92 Å².